The van der Waals surface area contributed by atoms with E-state index < -0.39 is 0 Å². The SMILES string of the molecule is Cc1cc(CBr)c(C)c(C)c1CBr. The molecule has 2 heteroatoms. The Bertz CT molecular complexity index is 316. The minimum absolute atomic E-state index is 0.947. The molecule has 1 aromatic rings. The number of hydrogen-bond donors (Lipinski definition) is 0. The van der Waals surface area contributed by atoms with E-state index in [1.807, 2.05) is 0 Å². The van der Waals surface area contributed by atoms with Crippen LogP contribution in [0.25, 0.3) is 0 Å². The monoisotopic (exact) mass is 304 g/mol. The fraction of sp³-hybridized carbons (Fsp3) is 0.455. The molecule has 0 nitrogen and oxygen atoms in total. The summed E-state index contributed by atoms with van der Waals surface area (Å²) in [5.74, 6) is 0. The van der Waals surface area contributed by atoms with Crippen molar-refractivity contribution >= 4 is 31.9 Å². The van der Waals surface area contributed by atoms with Gasteiger partial charge >= 0.3 is 0 Å². The summed E-state index contributed by atoms with van der Waals surface area (Å²) >= 11 is 7.04. The van der Waals surface area contributed by atoms with Crippen LogP contribution in [0.4, 0.5) is 0 Å². The first-order valence-corrected chi connectivity index (χ1v) is 6.56. The van der Waals surface area contributed by atoms with E-state index in [-0.39, 0.29) is 0 Å². The van der Waals surface area contributed by atoms with Crippen molar-refractivity contribution in [2.24, 2.45) is 0 Å². The van der Waals surface area contributed by atoms with Crippen LogP contribution in [0.3, 0.4) is 0 Å². The molecule has 0 aliphatic heterocycles. The van der Waals surface area contributed by atoms with Crippen molar-refractivity contribution in [2.45, 2.75) is 31.4 Å². The Morgan fingerprint density at radius 3 is 2.08 bits per heavy atom. The summed E-state index contributed by atoms with van der Waals surface area (Å²) in [7, 11) is 0. The molecule has 0 aliphatic rings. The van der Waals surface area contributed by atoms with Gasteiger partial charge in [0.2, 0.25) is 0 Å². The third kappa shape index (κ3) is 2.16. The van der Waals surface area contributed by atoms with E-state index in [2.05, 4.69) is 58.7 Å². The molecule has 0 heterocycles. The lowest BCUT2D eigenvalue weighted by Gasteiger charge is -2.13. The Hall–Kier alpha value is 0.180. The lowest BCUT2D eigenvalue weighted by molar-refractivity contribution is 1.16. The molecular formula is C11H14Br2. The third-order valence-electron chi connectivity index (χ3n) is 2.64. The smallest absolute Gasteiger partial charge is 0.0288 e. The summed E-state index contributed by atoms with van der Waals surface area (Å²) in [6, 6.07) is 2.27. The van der Waals surface area contributed by atoms with Gasteiger partial charge in [-0.25, -0.2) is 0 Å². The van der Waals surface area contributed by atoms with Crippen LogP contribution < -0.4 is 0 Å². The Morgan fingerprint density at radius 2 is 1.62 bits per heavy atom. The molecular weight excluding hydrogens is 292 g/mol. The van der Waals surface area contributed by atoms with Gasteiger partial charge in [0.25, 0.3) is 0 Å². The zero-order valence-corrected chi connectivity index (χ0v) is 11.4. The number of alkyl halides is 2. The molecule has 0 unspecified atom stereocenters. The average molecular weight is 306 g/mol. The standard InChI is InChI=1S/C11H14Br2/c1-7-4-10(5-12)8(2)9(3)11(7)6-13/h4H,5-6H2,1-3H3. The Balaban J connectivity index is 3.37. The van der Waals surface area contributed by atoms with Crippen LogP contribution in [0.5, 0.6) is 0 Å². The van der Waals surface area contributed by atoms with E-state index in [4.69, 9.17) is 0 Å². The molecule has 0 fully saturated rings. The molecule has 0 aromatic heterocycles. The number of halogens is 2. The minimum atomic E-state index is 0.947. The molecule has 0 bridgehead atoms. The number of aryl methyl sites for hydroxylation is 1. The van der Waals surface area contributed by atoms with Gasteiger partial charge in [-0.05, 0) is 48.6 Å². The topological polar surface area (TPSA) is 0 Å². The number of benzene rings is 1. The lowest BCUT2D eigenvalue weighted by atomic mass is 9.95. The van der Waals surface area contributed by atoms with Gasteiger partial charge in [-0.2, -0.15) is 0 Å². The Labute approximate surface area is 97.0 Å². The summed E-state index contributed by atoms with van der Waals surface area (Å²) < 4.78 is 0. The Morgan fingerprint density at radius 1 is 1.00 bits per heavy atom. The fourth-order valence-corrected chi connectivity index (χ4v) is 3.01. The largest absolute Gasteiger partial charge is 0.0876 e. The van der Waals surface area contributed by atoms with Crippen molar-refractivity contribution in [3.63, 3.8) is 0 Å². The molecule has 1 aromatic carbocycles. The van der Waals surface area contributed by atoms with Crippen molar-refractivity contribution in [3.05, 3.63) is 33.9 Å². The highest BCUT2D eigenvalue weighted by molar-refractivity contribution is 9.08. The molecule has 0 saturated carbocycles. The minimum Gasteiger partial charge on any atom is -0.0876 e. The first kappa shape index (κ1) is 11.3. The van der Waals surface area contributed by atoms with Crippen LogP contribution in [0.2, 0.25) is 0 Å². The maximum Gasteiger partial charge on any atom is 0.0288 e. The summed E-state index contributed by atoms with van der Waals surface area (Å²) in [5.41, 5.74) is 7.06. The molecule has 0 radical (unpaired) electrons. The quantitative estimate of drug-likeness (QED) is 0.710. The second-order valence-electron chi connectivity index (χ2n) is 3.35. The van der Waals surface area contributed by atoms with Crippen molar-refractivity contribution in [1.29, 1.82) is 0 Å². The first-order chi connectivity index (χ1) is 6.11. The van der Waals surface area contributed by atoms with Crippen molar-refractivity contribution in [2.75, 3.05) is 0 Å². The molecule has 13 heavy (non-hydrogen) atoms. The van der Waals surface area contributed by atoms with Gasteiger partial charge in [-0.3, -0.25) is 0 Å². The first-order valence-electron chi connectivity index (χ1n) is 4.32. The summed E-state index contributed by atoms with van der Waals surface area (Å²) in [4.78, 5) is 0. The van der Waals surface area contributed by atoms with Crippen LogP contribution in [0.15, 0.2) is 6.07 Å². The summed E-state index contributed by atoms with van der Waals surface area (Å²) in [6.07, 6.45) is 0. The van der Waals surface area contributed by atoms with Gasteiger partial charge in [-0.1, -0.05) is 37.9 Å². The highest BCUT2D eigenvalue weighted by Crippen LogP contribution is 2.25. The molecule has 0 aliphatic carbocycles. The highest BCUT2D eigenvalue weighted by atomic mass is 79.9. The van der Waals surface area contributed by atoms with E-state index in [1.54, 1.807) is 0 Å². The second-order valence-corrected chi connectivity index (χ2v) is 4.47. The van der Waals surface area contributed by atoms with Crippen LogP contribution in [0, 0.1) is 20.8 Å². The normalized spacial score (nSPS) is 10.5. The second kappa shape index (κ2) is 4.61. The predicted octanol–water partition coefficient (Wildman–Crippen LogP) is 4.40. The number of hydrogen-bond acceptors (Lipinski definition) is 0. The van der Waals surface area contributed by atoms with Gasteiger partial charge < -0.3 is 0 Å². The molecule has 0 N–H and O–H groups in total. The lowest BCUT2D eigenvalue weighted by Crippen LogP contribution is -1.97. The fourth-order valence-electron chi connectivity index (χ4n) is 1.56. The van der Waals surface area contributed by atoms with Crippen molar-refractivity contribution in [1.82, 2.24) is 0 Å². The zero-order valence-electron chi connectivity index (χ0n) is 8.25. The van der Waals surface area contributed by atoms with E-state index in [1.165, 1.54) is 27.8 Å². The van der Waals surface area contributed by atoms with Gasteiger partial charge in [0.05, 0.1) is 0 Å². The molecule has 0 amide bonds. The summed E-state index contributed by atoms with van der Waals surface area (Å²) in [6.45, 7) is 6.57. The van der Waals surface area contributed by atoms with E-state index in [0.29, 0.717) is 0 Å². The molecule has 0 saturated heterocycles. The van der Waals surface area contributed by atoms with Crippen LogP contribution in [-0.4, -0.2) is 0 Å². The maximum absolute atomic E-state index is 3.53. The molecule has 72 valence electrons. The van der Waals surface area contributed by atoms with E-state index >= 15 is 0 Å². The predicted molar refractivity (Wildman–Crippen MR) is 65.9 cm³/mol. The maximum atomic E-state index is 3.53. The van der Waals surface area contributed by atoms with Crippen molar-refractivity contribution in [3.8, 4) is 0 Å². The van der Waals surface area contributed by atoms with Crippen LogP contribution in [0.1, 0.15) is 27.8 Å². The van der Waals surface area contributed by atoms with Crippen LogP contribution >= 0.6 is 31.9 Å². The Kier molecular flexibility index (Phi) is 3.99. The van der Waals surface area contributed by atoms with Gasteiger partial charge in [0.1, 0.15) is 0 Å². The van der Waals surface area contributed by atoms with Gasteiger partial charge in [0.15, 0.2) is 0 Å². The zero-order chi connectivity index (χ0) is 10.0. The molecule has 0 spiro atoms. The number of rotatable bonds is 2. The van der Waals surface area contributed by atoms with E-state index in [0.717, 1.165) is 10.7 Å². The van der Waals surface area contributed by atoms with Gasteiger partial charge in [0, 0.05) is 10.7 Å². The highest BCUT2D eigenvalue weighted by Gasteiger charge is 2.07. The van der Waals surface area contributed by atoms with Crippen molar-refractivity contribution < 1.29 is 0 Å². The van der Waals surface area contributed by atoms with Crippen LogP contribution in [-0.2, 0) is 10.7 Å². The van der Waals surface area contributed by atoms with E-state index in [9.17, 15) is 0 Å². The summed E-state index contributed by atoms with van der Waals surface area (Å²) in [5, 5.41) is 1.90. The molecule has 1 rings (SSSR count). The van der Waals surface area contributed by atoms with Gasteiger partial charge in [-0.15, -0.1) is 0 Å². The average Bonchev–Trinajstić information content (AvgIpc) is 2.12. The molecule has 0 atom stereocenters. The third-order valence-corrected chi connectivity index (χ3v) is 3.81.